The van der Waals surface area contributed by atoms with E-state index < -0.39 is 17.7 Å². The highest BCUT2D eigenvalue weighted by Crippen LogP contribution is 2.24. The number of ether oxygens (including phenoxy) is 3. The first-order valence-electron chi connectivity index (χ1n) is 6.87. The van der Waals surface area contributed by atoms with Gasteiger partial charge in [-0.15, -0.1) is 5.10 Å². The second-order valence-corrected chi connectivity index (χ2v) is 5.50. The molecule has 7 nitrogen and oxygen atoms in total. The van der Waals surface area contributed by atoms with Gasteiger partial charge >= 0.3 is 12.1 Å². The highest BCUT2D eigenvalue weighted by Gasteiger charge is 2.26. The van der Waals surface area contributed by atoms with E-state index in [0.717, 1.165) is 0 Å². The van der Waals surface area contributed by atoms with Crippen LogP contribution in [0.2, 0.25) is 0 Å². The molecule has 0 saturated carbocycles. The first kappa shape index (κ1) is 15.8. The fourth-order valence-electron chi connectivity index (χ4n) is 1.79. The highest BCUT2D eigenvalue weighted by molar-refractivity contribution is 6.00. The molecule has 22 heavy (non-hydrogen) atoms. The van der Waals surface area contributed by atoms with E-state index in [1.54, 1.807) is 52.1 Å². The van der Waals surface area contributed by atoms with E-state index in [0.29, 0.717) is 5.52 Å². The Morgan fingerprint density at radius 3 is 2.64 bits per heavy atom. The first-order chi connectivity index (χ1) is 10.3. The summed E-state index contributed by atoms with van der Waals surface area (Å²) < 4.78 is 16.6. The van der Waals surface area contributed by atoms with Crippen molar-refractivity contribution in [2.75, 3.05) is 6.61 Å². The Morgan fingerprint density at radius 2 is 2.00 bits per heavy atom. The number of aromatic nitrogens is 2. The summed E-state index contributed by atoms with van der Waals surface area (Å²) in [7, 11) is 0. The Hall–Kier alpha value is -2.57. The second kappa shape index (κ2) is 6.05. The van der Waals surface area contributed by atoms with Crippen molar-refractivity contribution < 1.29 is 23.8 Å². The number of hydrogen-bond acceptors (Lipinski definition) is 6. The molecular weight excluding hydrogens is 288 g/mol. The van der Waals surface area contributed by atoms with E-state index in [4.69, 9.17) is 14.2 Å². The summed E-state index contributed by atoms with van der Waals surface area (Å²) >= 11 is 0. The molecule has 2 heterocycles. The Morgan fingerprint density at radius 1 is 1.27 bits per heavy atom. The van der Waals surface area contributed by atoms with E-state index in [1.807, 2.05) is 0 Å². The van der Waals surface area contributed by atoms with Crippen LogP contribution in [0, 0.1) is 0 Å². The number of carbonyl (C=O) groups excluding carboxylic acids is 2. The number of fused-ring (bicyclic) bond motifs is 1. The maximum atomic E-state index is 12.1. The Balaban J connectivity index is 2.38. The summed E-state index contributed by atoms with van der Waals surface area (Å²) in [4.78, 5) is 23.9. The van der Waals surface area contributed by atoms with Crippen molar-refractivity contribution in [3.63, 3.8) is 0 Å². The van der Waals surface area contributed by atoms with Gasteiger partial charge in [0.1, 0.15) is 11.2 Å². The molecule has 2 aromatic rings. The molecule has 0 spiro atoms. The van der Waals surface area contributed by atoms with Gasteiger partial charge < -0.3 is 14.2 Å². The van der Waals surface area contributed by atoms with Crippen LogP contribution < -0.4 is 4.74 Å². The van der Waals surface area contributed by atoms with Crippen LogP contribution in [-0.4, -0.2) is 33.9 Å². The van der Waals surface area contributed by atoms with Gasteiger partial charge in [-0.2, -0.15) is 0 Å². The quantitative estimate of drug-likeness (QED) is 0.811. The summed E-state index contributed by atoms with van der Waals surface area (Å²) in [6.07, 6.45) is 0.710. The fraction of sp³-hybridized carbons (Fsp3) is 0.400. The summed E-state index contributed by atoms with van der Waals surface area (Å²) in [5.41, 5.74) is -0.131. The third kappa shape index (κ3) is 3.55. The van der Waals surface area contributed by atoms with Crippen LogP contribution in [0.3, 0.4) is 0 Å². The molecule has 2 aromatic heterocycles. The average Bonchev–Trinajstić information content (AvgIpc) is 2.74. The minimum Gasteiger partial charge on any atom is -0.462 e. The Bertz CT molecular complexity index is 700. The van der Waals surface area contributed by atoms with Gasteiger partial charge in [0.2, 0.25) is 0 Å². The number of rotatable bonds is 3. The van der Waals surface area contributed by atoms with Crippen LogP contribution in [0.25, 0.3) is 5.52 Å². The maximum absolute atomic E-state index is 12.1. The van der Waals surface area contributed by atoms with Gasteiger partial charge in [0.05, 0.1) is 12.1 Å². The fourth-order valence-corrected chi connectivity index (χ4v) is 1.79. The van der Waals surface area contributed by atoms with Crippen molar-refractivity contribution in [1.29, 1.82) is 0 Å². The summed E-state index contributed by atoms with van der Waals surface area (Å²) in [6, 6.07) is 5.17. The van der Waals surface area contributed by atoms with Crippen molar-refractivity contribution in [2.24, 2.45) is 0 Å². The van der Waals surface area contributed by atoms with Crippen LogP contribution in [0.15, 0.2) is 24.4 Å². The molecule has 7 heteroatoms. The van der Waals surface area contributed by atoms with Crippen molar-refractivity contribution in [1.82, 2.24) is 9.61 Å². The molecule has 0 atom stereocenters. The van der Waals surface area contributed by atoms with Crippen LogP contribution in [0.1, 0.15) is 38.1 Å². The second-order valence-electron chi connectivity index (χ2n) is 5.50. The molecule has 0 aromatic carbocycles. The zero-order valence-corrected chi connectivity index (χ0v) is 13.0. The zero-order valence-electron chi connectivity index (χ0n) is 13.0. The predicted molar refractivity (Wildman–Crippen MR) is 78.0 cm³/mol. The van der Waals surface area contributed by atoms with Crippen molar-refractivity contribution in [3.8, 4) is 5.88 Å². The van der Waals surface area contributed by atoms with Crippen molar-refractivity contribution in [2.45, 2.75) is 33.3 Å². The van der Waals surface area contributed by atoms with Gasteiger partial charge in [-0.05, 0) is 39.8 Å². The van der Waals surface area contributed by atoms with Crippen LogP contribution in [0.5, 0.6) is 5.88 Å². The van der Waals surface area contributed by atoms with E-state index in [2.05, 4.69) is 5.10 Å². The van der Waals surface area contributed by atoms with Crippen LogP contribution >= 0.6 is 0 Å². The summed E-state index contributed by atoms with van der Waals surface area (Å²) in [6.45, 7) is 7.03. The Labute approximate surface area is 127 Å². The molecule has 0 unspecified atom stereocenters. The van der Waals surface area contributed by atoms with Crippen LogP contribution in [0.4, 0.5) is 4.79 Å². The average molecular weight is 306 g/mol. The number of nitrogens with zero attached hydrogens (tertiary/aromatic N) is 2. The van der Waals surface area contributed by atoms with E-state index in [9.17, 15) is 9.59 Å². The predicted octanol–water partition coefficient (Wildman–Crippen LogP) is 2.82. The molecule has 0 aliphatic carbocycles. The number of hydrogen-bond donors (Lipinski definition) is 0. The smallest absolute Gasteiger partial charge is 0.462 e. The van der Waals surface area contributed by atoms with E-state index in [1.165, 1.54) is 4.52 Å². The number of carbonyl (C=O) groups is 2. The molecule has 0 radical (unpaired) electrons. The highest BCUT2D eigenvalue weighted by atomic mass is 16.7. The molecule has 0 amide bonds. The molecule has 2 rings (SSSR count). The monoisotopic (exact) mass is 306 g/mol. The number of pyridine rings is 1. The van der Waals surface area contributed by atoms with Gasteiger partial charge in [0.25, 0.3) is 5.88 Å². The molecule has 0 N–H and O–H groups in total. The Kier molecular flexibility index (Phi) is 4.35. The standard InChI is InChI=1S/C15H18N2O5/c1-5-20-13(18)11-10-8-6-7-9-17(10)16-12(11)21-14(19)22-15(2,3)4/h6-9H,5H2,1-4H3. The third-order valence-corrected chi connectivity index (χ3v) is 2.56. The molecule has 0 bridgehead atoms. The largest absolute Gasteiger partial charge is 0.515 e. The normalized spacial score (nSPS) is 11.3. The minimum atomic E-state index is -0.929. The van der Waals surface area contributed by atoms with Gasteiger partial charge in [0.15, 0.2) is 0 Å². The van der Waals surface area contributed by atoms with Crippen LogP contribution in [-0.2, 0) is 9.47 Å². The molecule has 0 aliphatic heterocycles. The van der Waals surface area contributed by atoms with Gasteiger partial charge in [-0.3, -0.25) is 0 Å². The lowest BCUT2D eigenvalue weighted by Gasteiger charge is -2.18. The van der Waals surface area contributed by atoms with Crippen molar-refractivity contribution >= 4 is 17.6 Å². The van der Waals surface area contributed by atoms with Crippen molar-refractivity contribution in [3.05, 3.63) is 30.0 Å². The van der Waals surface area contributed by atoms with Gasteiger partial charge in [-0.1, -0.05) is 6.07 Å². The maximum Gasteiger partial charge on any atom is 0.515 e. The molecular formula is C15H18N2O5. The first-order valence-corrected chi connectivity index (χ1v) is 6.87. The lowest BCUT2D eigenvalue weighted by atomic mass is 10.2. The van der Waals surface area contributed by atoms with Gasteiger partial charge in [0, 0.05) is 6.20 Å². The van der Waals surface area contributed by atoms with E-state index >= 15 is 0 Å². The number of esters is 1. The zero-order chi connectivity index (χ0) is 16.3. The summed E-state index contributed by atoms with van der Waals surface area (Å²) in [5, 5.41) is 4.08. The summed E-state index contributed by atoms with van der Waals surface area (Å²) in [5.74, 6) is -0.749. The minimum absolute atomic E-state index is 0.0910. The lowest BCUT2D eigenvalue weighted by Crippen LogP contribution is -2.26. The molecule has 0 fully saturated rings. The molecule has 0 saturated heterocycles. The SMILES string of the molecule is CCOC(=O)c1c(OC(=O)OC(C)(C)C)nn2ccccc12. The molecule has 0 aliphatic rings. The van der Waals surface area contributed by atoms with E-state index in [-0.39, 0.29) is 18.1 Å². The topological polar surface area (TPSA) is 79.1 Å². The lowest BCUT2D eigenvalue weighted by molar-refractivity contribution is 0.0193. The molecule has 118 valence electrons. The van der Waals surface area contributed by atoms with Gasteiger partial charge in [-0.25, -0.2) is 14.1 Å². The third-order valence-electron chi connectivity index (χ3n) is 2.56.